The number of ether oxygens (including phenoxy) is 2. The summed E-state index contributed by atoms with van der Waals surface area (Å²) in [6.07, 6.45) is 8.16. The highest BCUT2D eigenvalue weighted by molar-refractivity contribution is 7.99. The van der Waals surface area contributed by atoms with Gasteiger partial charge in [0.25, 0.3) is 0 Å². The van der Waals surface area contributed by atoms with Gasteiger partial charge in [-0.05, 0) is 74.8 Å². The molecule has 214 valence electrons. The zero-order chi connectivity index (χ0) is 27.5. The van der Waals surface area contributed by atoms with Gasteiger partial charge in [-0.2, -0.15) is 11.8 Å². The van der Waals surface area contributed by atoms with Crippen LogP contribution < -0.4 is 4.74 Å². The third kappa shape index (κ3) is 17.4. The van der Waals surface area contributed by atoms with Gasteiger partial charge in [-0.1, -0.05) is 57.6 Å². The second-order valence-corrected chi connectivity index (χ2v) is 12.9. The van der Waals surface area contributed by atoms with Gasteiger partial charge in [0.05, 0.1) is 25.0 Å². The Morgan fingerprint density at radius 2 is 1.68 bits per heavy atom. The summed E-state index contributed by atoms with van der Waals surface area (Å²) in [6, 6.07) is 7.53. The van der Waals surface area contributed by atoms with Crippen LogP contribution in [0.3, 0.4) is 0 Å². The lowest BCUT2D eigenvalue weighted by molar-refractivity contribution is -0.152. The molecule has 37 heavy (non-hydrogen) atoms. The third-order valence-electron chi connectivity index (χ3n) is 5.87. The lowest BCUT2D eigenvalue weighted by Gasteiger charge is -2.21. The number of rotatable bonds is 23. The minimum Gasteiger partial charge on any atom is -0.490 e. The summed E-state index contributed by atoms with van der Waals surface area (Å²) in [6.45, 7) is 5.90. The van der Waals surface area contributed by atoms with Gasteiger partial charge in [-0.25, -0.2) is 4.79 Å². The van der Waals surface area contributed by atoms with Gasteiger partial charge >= 0.3 is 13.6 Å². The highest BCUT2D eigenvalue weighted by atomic mass is 35.5. The van der Waals surface area contributed by atoms with Crippen LogP contribution in [0.4, 0.5) is 0 Å². The first-order valence-electron chi connectivity index (χ1n) is 13.5. The minimum atomic E-state index is -3.97. The van der Waals surface area contributed by atoms with Crippen molar-refractivity contribution in [2.75, 3.05) is 24.3 Å². The van der Waals surface area contributed by atoms with Crippen LogP contribution in [0.2, 0.25) is 5.02 Å². The number of hydrogen-bond donors (Lipinski definition) is 2. The van der Waals surface area contributed by atoms with Crippen molar-refractivity contribution in [1.29, 1.82) is 0 Å². The van der Waals surface area contributed by atoms with Crippen LogP contribution in [0.5, 0.6) is 5.75 Å². The summed E-state index contributed by atoms with van der Waals surface area (Å²) < 4.78 is 28.5. The van der Waals surface area contributed by atoms with E-state index in [9.17, 15) is 19.4 Å². The Morgan fingerprint density at radius 3 is 2.30 bits per heavy atom. The van der Waals surface area contributed by atoms with Crippen LogP contribution in [0, 0.1) is 0 Å². The first-order chi connectivity index (χ1) is 17.7. The van der Waals surface area contributed by atoms with Crippen molar-refractivity contribution >= 4 is 36.9 Å². The van der Waals surface area contributed by atoms with E-state index in [4.69, 9.17) is 25.6 Å². The topological polar surface area (TPSA) is 102 Å². The van der Waals surface area contributed by atoms with E-state index in [1.165, 1.54) is 19.3 Å². The highest BCUT2D eigenvalue weighted by Crippen LogP contribution is 2.43. The fourth-order valence-electron chi connectivity index (χ4n) is 3.74. The predicted molar refractivity (Wildman–Crippen MR) is 153 cm³/mol. The summed E-state index contributed by atoms with van der Waals surface area (Å²) in [7, 11) is -3.97. The fourth-order valence-corrected chi connectivity index (χ4v) is 6.14. The Hall–Kier alpha value is -0.760. The molecule has 2 N–H and O–H groups in total. The molecule has 1 aromatic carbocycles. The van der Waals surface area contributed by atoms with E-state index in [2.05, 4.69) is 6.92 Å². The van der Waals surface area contributed by atoms with Crippen LogP contribution in [-0.4, -0.2) is 58.6 Å². The number of aliphatic carboxylic acids is 1. The van der Waals surface area contributed by atoms with Crippen molar-refractivity contribution < 1.29 is 33.4 Å². The zero-order valence-corrected chi connectivity index (χ0v) is 25.1. The second-order valence-electron chi connectivity index (χ2n) is 9.34. The lowest BCUT2D eigenvalue weighted by atomic mass is 10.1. The van der Waals surface area contributed by atoms with E-state index in [0.29, 0.717) is 6.42 Å². The number of benzene rings is 1. The van der Waals surface area contributed by atoms with Gasteiger partial charge < -0.3 is 24.0 Å². The first-order valence-corrected chi connectivity index (χ1v) is 16.8. The van der Waals surface area contributed by atoms with Gasteiger partial charge in [0.15, 0.2) is 6.10 Å². The Morgan fingerprint density at radius 1 is 1.03 bits per heavy atom. The molecule has 0 spiro atoms. The number of thioether (sulfide) groups is 1. The van der Waals surface area contributed by atoms with Crippen LogP contribution in [0.25, 0.3) is 0 Å². The van der Waals surface area contributed by atoms with Crippen LogP contribution in [-0.2, 0) is 18.6 Å². The number of carbonyl (C=O) groups is 1. The summed E-state index contributed by atoms with van der Waals surface area (Å²) in [5.74, 6) is 1.89. The van der Waals surface area contributed by atoms with Crippen molar-refractivity contribution in [3.05, 3.63) is 29.3 Å². The normalized spacial score (nSPS) is 15.6. The Bertz CT molecular complexity index is 781. The quantitative estimate of drug-likeness (QED) is 0.0997. The molecular weight excluding hydrogens is 535 g/mol. The number of unbranched alkanes of at least 4 members (excludes halogenated alkanes) is 5. The molecule has 0 saturated heterocycles. The number of hydrogen-bond acceptors (Lipinski definition) is 6. The molecule has 0 aliphatic rings. The number of carboxylic acids is 1. The molecule has 0 fully saturated rings. The smallest absolute Gasteiger partial charge is 0.333 e. The van der Waals surface area contributed by atoms with E-state index in [1.54, 1.807) is 0 Å². The monoisotopic (exact) mass is 580 g/mol. The van der Waals surface area contributed by atoms with Crippen molar-refractivity contribution in [1.82, 2.24) is 0 Å². The van der Waals surface area contributed by atoms with Crippen LogP contribution in [0.15, 0.2) is 24.3 Å². The molecule has 10 heteroatoms. The Kier molecular flexibility index (Phi) is 18.7. The summed E-state index contributed by atoms with van der Waals surface area (Å²) in [4.78, 5) is 21.3. The molecule has 4 unspecified atom stereocenters. The summed E-state index contributed by atoms with van der Waals surface area (Å²) in [5.41, 5.74) is 0. The largest absolute Gasteiger partial charge is 0.490 e. The van der Waals surface area contributed by atoms with E-state index in [1.807, 2.05) is 49.9 Å². The second kappa shape index (κ2) is 20.2. The number of carboxylic acid groups (broad SMARTS) is 1. The van der Waals surface area contributed by atoms with E-state index >= 15 is 0 Å². The van der Waals surface area contributed by atoms with Gasteiger partial charge in [0.2, 0.25) is 0 Å². The number of halogens is 1. The van der Waals surface area contributed by atoms with E-state index < -0.39 is 25.8 Å². The average molecular weight is 581 g/mol. The van der Waals surface area contributed by atoms with Crippen LogP contribution >= 0.6 is 31.0 Å². The van der Waals surface area contributed by atoms with Gasteiger partial charge in [-0.15, -0.1) is 0 Å². The predicted octanol–water partition coefficient (Wildman–Crippen LogP) is 7.82. The van der Waals surface area contributed by atoms with E-state index in [-0.39, 0.29) is 18.8 Å². The molecule has 0 bridgehead atoms. The molecule has 0 radical (unpaired) electrons. The molecule has 0 amide bonds. The fraction of sp³-hybridized carbons (Fsp3) is 0.741. The maximum Gasteiger partial charge on any atom is 0.333 e. The molecule has 0 heterocycles. The van der Waals surface area contributed by atoms with E-state index in [0.717, 1.165) is 60.8 Å². The molecule has 0 aliphatic carbocycles. The molecular formula is C27H46ClO7PS. The van der Waals surface area contributed by atoms with Crippen LogP contribution in [0.1, 0.15) is 85.0 Å². The molecule has 0 aromatic heterocycles. The maximum absolute atomic E-state index is 12.0. The molecule has 4 atom stereocenters. The standard InChI is InChI=1S/C27H46ClO7PS/c1-4-18-33-36(31,32)21-26(27(29)30)34-22(3)12-10-8-6-7-9-11-19-37-20-17-24(5-2)35-25-15-13-23(28)14-16-25/h13-16,22,24,26H,4-12,17-21H2,1-3H3,(H,29,30)(H,31,32). The Labute approximate surface area is 232 Å². The molecule has 1 rings (SSSR count). The third-order valence-corrected chi connectivity index (χ3v) is 8.60. The molecule has 1 aromatic rings. The summed E-state index contributed by atoms with van der Waals surface area (Å²) in [5, 5.41) is 10.1. The Balaban J connectivity index is 2.06. The first kappa shape index (κ1) is 34.3. The maximum atomic E-state index is 12.0. The minimum absolute atomic E-state index is 0.119. The highest BCUT2D eigenvalue weighted by Gasteiger charge is 2.31. The molecule has 0 aliphatic heterocycles. The lowest BCUT2D eigenvalue weighted by Crippen LogP contribution is -2.31. The molecule has 7 nitrogen and oxygen atoms in total. The SMILES string of the molecule is CCCOP(=O)(O)CC(OC(C)CCCCCCCCSCCC(CC)Oc1ccc(Cl)cc1)C(=O)O. The van der Waals surface area contributed by atoms with Crippen molar-refractivity contribution in [2.24, 2.45) is 0 Å². The average Bonchev–Trinajstić information content (AvgIpc) is 2.85. The van der Waals surface area contributed by atoms with Gasteiger partial charge in [0, 0.05) is 5.02 Å². The van der Waals surface area contributed by atoms with Crippen molar-refractivity contribution in [2.45, 2.75) is 103 Å². The summed E-state index contributed by atoms with van der Waals surface area (Å²) >= 11 is 7.91. The zero-order valence-electron chi connectivity index (χ0n) is 22.6. The van der Waals surface area contributed by atoms with Gasteiger partial charge in [-0.3, -0.25) is 4.57 Å². The molecule has 0 saturated carbocycles. The van der Waals surface area contributed by atoms with Gasteiger partial charge in [0.1, 0.15) is 5.75 Å². The van der Waals surface area contributed by atoms with Crippen molar-refractivity contribution in [3.63, 3.8) is 0 Å². The van der Waals surface area contributed by atoms with Crippen molar-refractivity contribution in [3.8, 4) is 5.75 Å².